The molecule has 0 saturated carbocycles. The largest absolute Gasteiger partial charge is 0.495 e. The van der Waals surface area contributed by atoms with Crippen molar-refractivity contribution < 1.29 is 14.3 Å². The number of ether oxygens (including phenoxy) is 1. The van der Waals surface area contributed by atoms with Crippen LogP contribution in [0.2, 0.25) is 0 Å². The number of benzene rings is 1. The van der Waals surface area contributed by atoms with E-state index < -0.39 is 0 Å². The molecule has 33 heavy (non-hydrogen) atoms. The van der Waals surface area contributed by atoms with Gasteiger partial charge in [0.2, 0.25) is 5.91 Å². The van der Waals surface area contributed by atoms with E-state index in [1.165, 1.54) is 22.2 Å². The quantitative estimate of drug-likeness (QED) is 0.616. The average Bonchev–Trinajstić information content (AvgIpc) is 3.13. The average molecular weight is 469 g/mol. The Morgan fingerprint density at radius 1 is 1.27 bits per heavy atom. The highest BCUT2D eigenvalue weighted by molar-refractivity contribution is 7.20. The number of carbonyl (C=O) groups is 2. The van der Waals surface area contributed by atoms with Crippen molar-refractivity contribution in [3.63, 3.8) is 0 Å². The molecule has 4 rings (SSSR count). The van der Waals surface area contributed by atoms with Gasteiger partial charge < -0.3 is 15.0 Å². The number of anilines is 1. The van der Waals surface area contributed by atoms with Gasteiger partial charge in [-0.3, -0.25) is 19.0 Å². The van der Waals surface area contributed by atoms with Crippen LogP contribution in [0.3, 0.4) is 0 Å². The van der Waals surface area contributed by atoms with E-state index in [-0.39, 0.29) is 30.0 Å². The number of hydrogen-bond acceptors (Lipinski definition) is 6. The van der Waals surface area contributed by atoms with Crippen LogP contribution in [0.15, 0.2) is 29.3 Å². The topological polar surface area (TPSA) is 93.5 Å². The number of amides is 2. The third-order valence-electron chi connectivity index (χ3n) is 6.16. The van der Waals surface area contributed by atoms with E-state index in [0.717, 1.165) is 24.8 Å². The second kappa shape index (κ2) is 9.35. The van der Waals surface area contributed by atoms with E-state index in [0.29, 0.717) is 38.6 Å². The van der Waals surface area contributed by atoms with E-state index in [9.17, 15) is 14.4 Å². The predicted molar refractivity (Wildman–Crippen MR) is 129 cm³/mol. The number of thiophene rings is 1. The highest BCUT2D eigenvalue weighted by Gasteiger charge is 2.25. The second-order valence-corrected chi connectivity index (χ2v) is 9.50. The molecule has 1 N–H and O–H groups in total. The zero-order valence-corrected chi connectivity index (χ0v) is 20.1. The van der Waals surface area contributed by atoms with Gasteiger partial charge in [0.15, 0.2) is 0 Å². The van der Waals surface area contributed by atoms with Crippen molar-refractivity contribution in [1.29, 1.82) is 0 Å². The van der Waals surface area contributed by atoms with E-state index in [2.05, 4.69) is 10.3 Å². The molecule has 2 amide bonds. The van der Waals surface area contributed by atoms with Crippen molar-refractivity contribution in [2.24, 2.45) is 0 Å². The number of nitrogens with one attached hydrogen (secondary N) is 1. The Labute approximate surface area is 196 Å². The lowest BCUT2D eigenvalue weighted by Gasteiger charge is -2.33. The molecule has 3 aromatic rings. The number of methoxy groups -OCH3 is 1. The molecule has 8 nitrogen and oxygen atoms in total. The lowest BCUT2D eigenvalue weighted by Crippen LogP contribution is -2.44. The predicted octanol–water partition coefficient (Wildman–Crippen LogP) is 3.74. The van der Waals surface area contributed by atoms with Gasteiger partial charge in [-0.05, 0) is 63.3 Å². The van der Waals surface area contributed by atoms with Gasteiger partial charge in [0.05, 0.1) is 29.4 Å². The van der Waals surface area contributed by atoms with Crippen LogP contribution in [-0.2, 0) is 11.3 Å². The Balaban J connectivity index is 1.62. The van der Waals surface area contributed by atoms with Gasteiger partial charge in [0.25, 0.3) is 11.5 Å². The summed E-state index contributed by atoms with van der Waals surface area (Å²) in [4.78, 5) is 46.2. The smallest absolute Gasteiger partial charge is 0.266 e. The van der Waals surface area contributed by atoms with Crippen molar-refractivity contribution in [2.45, 2.75) is 52.6 Å². The number of piperidine rings is 1. The highest BCUT2D eigenvalue weighted by atomic mass is 32.1. The fraction of sp³-hybridized carbons (Fsp3) is 0.417. The van der Waals surface area contributed by atoms with Crippen LogP contribution in [-0.4, -0.2) is 46.0 Å². The van der Waals surface area contributed by atoms with Crippen LogP contribution in [0.5, 0.6) is 5.75 Å². The third kappa shape index (κ3) is 4.50. The minimum atomic E-state index is -0.330. The van der Waals surface area contributed by atoms with Crippen LogP contribution < -0.4 is 15.6 Å². The van der Waals surface area contributed by atoms with Crippen LogP contribution in [0.4, 0.5) is 5.69 Å². The van der Waals surface area contributed by atoms with Gasteiger partial charge in [-0.2, -0.15) is 0 Å². The number of aryl methyl sites for hydroxylation is 2. The van der Waals surface area contributed by atoms with Crippen molar-refractivity contribution in [2.75, 3.05) is 19.0 Å². The fourth-order valence-corrected chi connectivity index (χ4v) is 5.33. The summed E-state index contributed by atoms with van der Waals surface area (Å²) < 4.78 is 6.69. The molecule has 1 saturated heterocycles. The Morgan fingerprint density at radius 2 is 2.06 bits per heavy atom. The first-order chi connectivity index (χ1) is 15.8. The summed E-state index contributed by atoms with van der Waals surface area (Å²) in [6, 6.07) is 5.70. The Bertz CT molecular complexity index is 1280. The Hall–Kier alpha value is -3.20. The first kappa shape index (κ1) is 23.0. The molecular weight excluding hydrogens is 440 g/mol. The van der Waals surface area contributed by atoms with Crippen LogP contribution in [0, 0.1) is 13.8 Å². The number of aromatic nitrogens is 2. The number of likely N-dealkylation sites (tertiary alicyclic amines) is 1. The molecule has 3 heterocycles. The number of nitrogens with zero attached hydrogens (tertiary/aromatic N) is 3. The van der Waals surface area contributed by atoms with Crippen molar-refractivity contribution in [1.82, 2.24) is 14.5 Å². The van der Waals surface area contributed by atoms with Gasteiger partial charge in [-0.1, -0.05) is 6.07 Å². The van der Waals surface area contributed by atoms with E-state index in [1.54, 1.807) is 20.1 Å². The van der Waals surface area contributed by atoms with Gasteiger partial charge in [-0.25, -0.2) is 4.98 Å². The number of hydrogen-bond donors (Lipinski definition) is 1. The van der Waals surface area contributed by atoms with Crippen LogP contribution in [0.25, 0.3) is 10.2 Å². The number of fused-ring (bicyclic) bond motifs is 1. The first-order valence-electron chi connectivity index (χ1n) is 11.0. The summed E-state index contributed by atoms with van der Waals surface area (Å²) >= 11 is 1.17. The molecule has 1 fully saturated rings. The summed E-state index contributed by atoms with van der Waals surface area (Å²) in [6.45, 7) is 6.37. The molecule has 1 aromatic carbocycles. The maximum absolute atomic E-state index is 13.2. The van der Waals surface area contributed by atoms with Gasteiger partial charge >= 0.3 is 0 Å². The molecule has 174 valence electrons. The summed E-state index contributed by atoms with van der Waals surface area (Å²) in [6.07, 6.45) is 4.48. The normalized spacial score (nSPS) is 16.1. The van der Waals surface area contributed by atoms with Crippen molar-refractivity contribution in [3.05, 3.63) is 50.9 Å². The van der Waals surface area contributed by atoms with E-state index >= 15 is 0 Å². The molecule has 1 atom stereocenters. The third-order valence-corrected chi connectivity index (χ3v) is 7.35. The van der Waals surface area contributed by atoms with Gasteiger partial charge in [-0.15, -0.1) is 11.3 Å². The molecule has 0 radical (unpaired) electrons. The van der Waals surface area contributed by atoms with E-state index in [4.69, 9.17) is 4.74 Å². The molecule has 0 spiro atoms. The molecular formula is C24H28N4O4S. The minimum Gasteiger partial charge on any atom is -0.495 e. The van der Waals surface area contributed by atoms with Gasteiger partial charge in [0.1, 0.15) is 17.1 Å². The standard InChI is InChI=1S/C24H28N4O4S/c1-14-8-9-18(32-4)17(11-14)26-22(30)21-16(3)20-23(33-21)25-13-27(24(20)31)12-19(29)28-10-6-5-7-15(28)2/h8-9,11,13,15H,5-7,10,12H2,1-4H3,(H,26,30)/t15-/m1/s1. The summed E-state index contributed by atoms with van der Waals surface area (Å²) in [5.41, 5.74) is 1.80. The molecule has 9 heteroatoms. The number of rotatable bonds is 5. The second-order valence-electron chi connectivity index (χ2n) is 8.50. The lowest BCUT2D eigenvalue weighted by molar-refractivity contribution is -0.135. The SMILES string of the molecule is COc1ccc(C)cc1NC(=O)c1sc2ncn(CC(=O)N3CCCC[C@H]3C)c(=O)c2c1C. The number of carbonyl (C=O) groups excluding carboxylic acids is 2. The minimum absolute atomic E-state index is 0.0522. The van der Waals surface area contributed by atoms with Crippen molar-refractivity contribution >= 4 is 39.1 Å². The Kier molecular flexibility index (Phi) is 6.51. The molecule has 0 aliphatic carbocycles. The Morgan fingerprint density at radius 3 is 2.79 bits per heavy atom. The fourth-order valence-electron chi connectivity index (χ4n) is 4.29. The van der Waals surface area contributed by atoms with E-state index in [1.807, 2.05) is 30.9 Å². The molecule has 1 aliphatic heterocycles. The first-order valence-corrected chi connectivity index (χ1v) is 11.9. The highest BCUT2D eigenvalue weighted by Crippen LogP contribution is 2.30. The zero-order chi connectivity index (χ0) is 23.7. The maximum Gasteiger partial charge on any atom is 0.266 e. The molecule has 2 aromatic heterocycles. The summed E-state index contributed by atoms with van der Waals surface area (Å²) in [5.74, 6) is 0.144. The zero-order valence-electron chi connectivity index (χ0n) is 19.3. The van der Waals surface area contributed by atoms with Crippen LogP contribution >= 0.6 is 11.3 Å². The monoisotopic (exact) mass is 468 g/mol. The lowest BCUT2D eigenvalue weighted by atomic mass is 10.0. The molecule has 1 aliphatic rings. The summed E-state index contributed by atoms with van der Waals surface area (Å²) in [7, 11) is 1.54. The van der Waals surface area contributed by atoms with Crippen LogP contribution in [0.1, 0.15) is 47.0 Å². The van der Waals surface area contributed by atoms with Gasteiger partial charge in [0, 0.05) is 12.6 Å². The molecule has 0 unspecified atom stereocenters. The van der Waals surface area contributed by atoms with Crippen molar-refractivity contribution in [3.8, 4) is 5.75 Å². The molecule has 0 bridgehead atoms. The summed E-state index contributed by atoms with van der Waals surface area (Å²) in [5, 5.41) is 3.26. The maximum atomic E-state index is 13.2.